The summed E-state index contributed by atoms with van der Waals surface area (Å²) in [6.07, 6.45) is 4.82. The van der Waals surface area contributed by atoms with Gasteiger partial charge in [0.1, 0.15) is 11.4 Å². The second-order valence-corrected chi connectivity index (χ2v) is 11.0. The topological polar surface area (TPSA) is 77.3 Å². The lowest BCUT2D eigenvalue weighted by Gasteiger charge is -2.49. The number of nitrogens with zero attached hydrogens (tertiary/aromatic N) is 4. The molecule has 34 heavy (non-hydrogen) atoms. The van der Waals surface area contributed by atoms with Crippen molar-refractivity contribution in [1.29, 1.82) is 0 Å². The van der Waals surface area contributed by atoms with Crippen LogP contribution in [0.1, 0.15) is 48.1 Å². The molecule has 0 spiro atoms. The van der Waals surface area contributed by atoms with Gasteiger partial charge in [0.05, 0.1) is 27.7 Å². The van der Waals surface area contributed by atoms with Crippen LogP contribution in [0.3, 0.4) is 0 Å². The molecule has 0 saturated carbocycles. The number of fused-ring (bicyclic) bond motifs is 2. The molecule has 1 aromatic carbocycles. The summed E-state index contributed by atoms with van der Waals surface area (Å²) in [5.41, 5.74) is 3.08. The minimum absolute atomic E-state index is 0.0217. The SMILES string of the molecule is CC(C)(C)OC(=O)N1CCC2Cc3c(cnn3-c3ccc(F)cc3)CC2(C(=O)c2cncs2)C1. The van der Waals surface area contributed by atoms with Crippen molar-refractivity contribution in [2.45, 2.75) is 45.6 Å². The monoisotopic (exact) mass is 482 g/mol. The number of likely N-dealkylation sites (tertiary alicyclic amines) is 1. The van der Waals surface area contributed by atoms with Crippen molar-refractivity contribution in [3.05, 3.63) is 64.1 Å². The third-order valence-corrected chi connectivity index (χ3v) is 7.51. The van der Waals surface area contributed by atoms with Crippen LogP contribution >= 0.6 is 11.3 Å². The molecule has 178 valence electrons. The molecule has 3 aromatic rings. The van der Waals surface area contributed by atoms with Crippen LogP contribution in [0.4, 0.5) is 9.18 Å². The van der Waals surface area contributed by atoms with Crippen molar-refractivity contribution in [2.75, 3.05) is 13.1 Å². The van der Waals surface area contributed by atoms with Gasteiger partial charge in [-0.15, -0.1) is 11.3 Å². The molecule has 3 heterocycles. The van der Waals surface area contributed by atoms with Crippen LogP contribution in [0.25, 0.3) is 5.69 Å². The quantitative estimate of drug-likeness (QED) is 0.506. The maximum atomic E-state index is 13.9. The van der Waals surface area contributed by atoms with E-state index in [1.54, 1.807) is 34.9 Å². The van der Waals surface area contributed by atoms with E-state index in [1.165, 1.54) is 23.5 Å². The largest absolute Gasteiger partial charge is 0.444 e. The molecule has 1 aliphatic heterocycles. The molecular formula is C25H27FN4O3S. The zero-order valence-electron chi connectivity index (χ0n) is 19.5. The minimum Gasteiger partial charge on any atom is -0.444 e. The highest BCUT2D eigenvalue weighted by Gasteiger charge is 2.54. The van der Waals surface area contributed by atoms with Crippen molar-refractivity contribution in [3.63, 3.8) is 0 Å². The highest BCUT2D eigenvalue weighted by Crippen LogP contribution is 2.48. The van der Waals surface area contributed by atoms with E-state index in [9.17, 15) is 14.0 Å². The molecule has 0 N–H and O–H groups in total. The van der Waals surface area contributed by atoms with Crippen LogP contribution in [-0.4, -0.2) is 50.2 Å². The normalized spacial score (nSPS) is 22.1. The first-order chi connectivity index (χ1) is 16.2. The van der Waals surface area contributed by atoms with Gasteiger partial charge in [-0.25, -0.2) is 13.9 Å². The number of piperidine rings is 1. The zero-order valence-corrected chi connectivity index (χ0v) is 20.3. The molecule has 2 aliphatic rings. The number of ketones is 1. The number of carbonyl (C=O) groups excluding carboxylic acids is 2. The van der Waals surface area contributed by atoms with E-state index in [1.807, 2.05) is 25.5 Å². The Labute approximate surface area is 201 Å². The average molecular weight is 483 g/mol. The summed E-state index contributed by atoms with van der Waals surface area (Å²) < 4.78 is 20.9. The molecule has 1 aliphatic carbocycles. The lowest BCUT2D eigenvalue weighted by atomic mass is 9.60. The molecule has 1 fully saturated rings. The number of ether oxygens (including phenoxy) is 1. The molecule has 2 unspecified atom stereocenters. The van der Waals surface area contributed by atoms with E-state index >= 15 is 0 Å². The summed E-state index contributed by atoms with van der Waals surface area (Å²) in [5, 5.41) is 4.58. The number of carbonyl (C=O) groups is 2. The van der Waals surface area contributed by atoms with Crippen LogP contribution in [0.15, 0.2) is 42.2 Å². The lowest BCUT2D eigenvalue weighted by molar-refractivity contribution is -0.0101. The number of hydrogen-bond donors (Lipinski definition) is 0. The standard InChI is InChI=1S/C25H27FN4O3S/c1-24(2,3)33-23(32)29-9-8-17-10-20-16(12-28-30(20)19-6-4-18(26)5-7-19)11-25(17,14-29)22(31)21-13-27-15-34-21/h4-7,12-13,15,17H,8-11,14H2,1-3H3. The number of amides is 1. The van der Waals surface area contributed by atoms with Gasteiger partial charge in [0, 0.05) is 25.0 Å². The number of halogens is 1. The predicted octanol–water partition coefficient (Wildman–Crippen LogP) is 4.69. The Morgan fingerprint density at radius 2 is 1.97 bits per heavy atom. The van der Waals surface area contributed by atoms with E-state index in [0.29, 0.717) is 37.2 Å². The van der Waals surface area contributed by atoms with Gasteiger partial charge in [0.2, 0.25) is 0 Å². The molecule has 0 radical (unpaired) electrons. The minimum atomic E-state index is -0.772. The Bertz CT molecular complexity index is 1220. The second-order valence-electron chi connectivity index (χ2n) is 10.1. The predicted molar refractivity (Wildman–Crippen MR) is 126 cm³/mol. The molecule has 5 rings (SSSR count). The Hall–Kier alpha value is -3.07. The number of aromatic nitrogens is 3. The van der Waals surface area contributed by atoms with Crippen molar-refractivity contribution in [1.82, 2.24) is 19.7 Å². The van der Waals surface area contributed by atoms with E-state index in [-0.39, 0.29) is 17.5 Å². The zero-order chi connectivity index (χ0) is 24.1. The van der Waals surface area contributed by atoms with E-state index < -0.39 is 17.1 Å². The molecular weight excluding hydrogens is 455 g/mol. The molecule has 0 bridgehead atoms. The first-order valence-electron chi connectivity index (χ1n) is 11.4. The van der Waals surface area contributed by atoms with Gasteiger partial charge >= 0.3 is 6.09 Å². The summed E-state index contributed by atoms with van der Waals surface area (Å²) in [6.45, 7) is 6.34. The fourth-order valence-corrected chi connectivity index (χ4v) is 5.85. The number of benzene rings is 1. The van der Waals surface area contributed by atoms with Crippen molar-refractivity contribution < 1.29 is 18.7 Å². The summed E-state index contributed by atoms with van der Waals surface area (Å²) >= 11 is 1.33. The van der Waals surface area contributed by atoms with Crippen LogP contribution in [0.2, 0.25) is 0 Å². The molecule has 2 aromatic heterocycles. The molecule has 2 atom stereocenters. The van der Waals surface area contributed by atoms with Crippen molar-refractivity contribution >= 4 is 23.2 Å². The Morgan fingerprint density at radius 1 is 1.21 bits per heavy atom. The van der Waals surface area contributed by atoms with Gasteiger partial charge in [-0.2, -0.15) is 5.10 Å². The molecule has 1 amide bonds. The Balaban J connectivity index is 1.52. The number of thiazole rings is 1. The van der Waals surface area contributed by atoms with Crippen molar-refractivity contribution in [3.8, 4) is 5.69 Å². The molecule has 1 saturated heterocycles. The van der Waals surface area contributed by atoms with E-state index in [0.717, 1.165) is 16.9 Å². The first-order valence-corrected chi connectivity index (χ1v) is 12.3. The van der Waals surface area contributed by atoms with Crippen LogP contribution < -0.4 is 0 Å². The summed E-state index contributed by atoms with van der Waals surface area (Å²) in [7, 11) is 0. The second kappa shape index (κ2) is 8.30. The van der Waals surface area contributed by atoms with E-state index in [4.69, 9.17) is 4.74 Å². The highest BCUT2D eigenvalue weighted by atomic mass is 32.1. The van der Waals surface area contributed by atoms with Crippen LogP contribution in [0.5, 0.6) is 0 Å². The summed E-state index contributed by atoms with van der Waals surface area (Å²) in [6, 6.07) is 6.25. The fraction of sp³-hybridized carbons (Fsp3) is 0.440. The average Bonchev–Trinajstić information content (AvgIpc) is 3.46. The maximum Gasteiger partial charge on any atom is 0.410 e. The number of Topliss-reactive ketones (excluding diaryl/α,β-unsaturated/α-hetero) is 1. The first kappa shape index (κ1) is 22.7. The maximum absolute atomic E-state index is 13.9. The Morgan fingerprint density at radius 3 is 2.65 bits per heavy atom. The van der Waals surface area contributed by atoms with Gasteiger partial charge in [0.15, 0.2) is 5.78 Å². The van der Waals surface area contributed by atoms with Gasteiger partial charge < -0.3 is 9.64 Å². The summed E-state index contributed by atoms with van der Waals surface area (Å²) in [5.74, 6) is -0.244. The van der Waals surface area contributed by atoms with Gasteiger partial charge in [-0.1, -0.05) is 0 Å². The smallest absolute Gasteiger partial charge is 0.410 e. The molecule has 9 heteroatoms. The highest BCUT2D eigenvalue weighted by molar-refractivity contribution is 7.11. The Kier molecular flexibility index (Phi) is 5.55. The van der Waals surface area contributed by atoms with Gasteiger partial charge in [0.25, 0.3) is 0 Å². The fourth-order valence-electron chi connectivity index (χ4n) is 5.18. The van der Waals surface area contributed by atoms with Crippen LogP contribution in [-0.2, 0) is 17.6 Å². The molecule has 7 nitrogen and oxygen atoms in total. The third kappa shape index (κ3) is 4.02. The van der Waals surface area contributed by atoms with Crippen LogP contribution in [0, 0.1) is 17.2 Å². The summed E-state index contributed by atoms with van der Waals surface area (Å²) in [4.78, 5) is 33.2. The van der Waals surface area contributed by atoms with E-state index in [2.05, 4.69) is 10.1 Å². The van der Waals surface area contributed by atoms with Crippen molar-refractivity contribution in [2.24, 2.45) is 11.3 Å². The number of hydrogen-bond acceptors (Lipinski definition) is 6. The number of rotatable bonds is 3. The lowest BCUT2D eigenvalue weighted by Crippen LogP contribution is -2.58. The van der Waals surface area contributed by atoms with Gasteiger partial charge in [-0.05, 0) is 75.8 Å². The third-order valence-electron chi connectivity index (χ3n) is 6.73. The van der Waals surface area contributed by atoms with Gasteiger partial charge in [-0.3, -0.25) is 9.78 Å².